The van der Waals surface area contributed by atoms with E-state index in [4.69, 9.17) is 4.74 Å². The zero-order chi connectivity index (χ0) is 15.8. The molecule has 1 aromatic carbocycles. The van der Waals surface area contributed by atoms with Gasteiger partial charge in [-0.05, 0) is 34.9 Å². The minimum Gasteiger partial charge on any atom is -0.491 e. The van der Waals surface area contributed by atoms with Gasteiger partial charge in [0.1, 0.15) is 12.4 Å². The fraction of sp³-hybridized carbons (Fsp3) is 0.684. The zero-order valence-corrected chi connectivity index (χ0v) is 14.7. The van der Waals surface area contributed by atoms with Crippen molar-refractivity contribution < 1.29 is 4.74 Å². The number of nitrogens with one attached hydrogen (secondary N) is 1. The van der Waals surface area contributed by atoms with E-state index in [0.717, 1.165) is 12.4 Å². The Kier molecular flexibility index (Phi) is 4.39. The van der Waals surface area contributed by atoms with Gasteiger partial charge in [0.15, 0.2) is 0 Å². The van der Waals surface area contributed by atoms with Crippen LogP contribution in [-0.4, -0.2) is 12.6 Å². The maximum absolute atomic E-state index is 5.82. The molecule has 0 saturated heterocycles. The molecule has 0 aliphatic carbocycles. The topological polar surface area (TPSA) is 21.3 Å². The van der Waals surface area contributed by atoms with Gasteiger partial charge in [0.25, 0.3) is 0 Å². The Balaban J connectivity index is 2.28. The average molecular weight is 289 g/mol. The van der Waals surface area contributed by atoms with Gasteiger partial charge in [0.2, 0.25) is 0 Å². The molecule has 1 N–H and O–H groups in total. The van der Waals surface area contributed by atoms with Crippen LogP contribution in [0.25, 0.3) is 0 Å². The minimum absolute atomic E-state index is 0.179. The predicted octanol–water partition coefficient (Wildman–Crippen LogP) is 4.83. The molecule has 1 aromatic rings. The van der Waals surface area contributed by atoms with Gasteiger partial charge in [-0.15, -0.1) is 0 Å². The van der Waals surface area contributed by atoms with Crippen molar-refractivity contribution in [1.29, 1.82) is 0 Å². The van der Waals surface area contributed by atoms with Gasteiger partial charge < -0.3 is 10.1 Å². The second-order valence-electron chi connectivity index (χ2n) is 8.56. The van der Waals surface area contributed by atoms with Crippen LogP contribution < -0.4 is 10.1 Å². The fourth-order valence-electron chi connectivity index (χ4n) is 3.60. The Morgan fingerprint density at radius 2 is 1.86 bits per heavy atom. The molecule has 0 amide bonds. The monoisotopic (exact) mass is 289 g/mol. The van der Waals surface area contributed by atoms with E-state index in [2.05, 4.69) is 72.0 Å². The van der Waals surface area contributed by atoms with Crippen LogP contribution >= 0.6 is 0 Å². The summed E-state index contributed by atoms with van der Waals surface area (Å²) in [5.74, 6) is 1.04. The van der Waals surface area contributed by atoms with Gasteiger partial charge >= 0.3 is 0 Å². The summed E-state index contributed by atoms with van der Waals surface area (Å²) in [6.07, 6.45) is 1.17. The Morgan fingerprint density at radius 1 is 1.19 bits per heavy atom. The quantitative estimate of drug-likeness (QED) is 0.857. The molecule has 2 heteroatoms. The van der Waals surface area contributed by atoms with Crippen LogP contribution in [0.1, 0.15) is 72.1 Å². The highest BCUT2D eigenvalue weighted by Crippen LogP contribution is 2.40. The SMILES string of the molecule is CC(C)NC1COc2ccc(C(C)(C)CC(C)(C)C)cc21. The largest absolute Gasteiger partial charge is 0.491 e. The molecule has 2 nitrogen and oxygen atoms in total. The Hall–Kier alpha value is -1.02. The summed E-state index contributed by atoms with van der Waals surface area (Å²) < 4.78 is 5.82. The molecule has 118 valence electrons. The molecule has 1 unspecified atom stereocenters. The van der Waals surface area contributed by atoms with Crippen LogP contribution in [0.4, 0.5) is 0 Å². The predicted molar refractivity (Wildman–Crippen MR) is 90.0 cm³/mol. The molecule has 1 aliphatic rings. The number of hydrogen-bond donors (Lipinski definition) is 1. The van der Waals surface area contributed by atoms with Gasteiger partial charge in [-0.1, -0.05) is 54.5 Å². The van der Waals surface area contributed by atoms with Crippen LogP contribution in [0.2, 0.25) is 0 Å². The Labute approximate surface area is 130 Å². The standard InChI is InChI=1S/C19H31NO/c1-13(2)20-16-11-21-17-9-8-14(10-15(16)17)19(6,7)12-18(3,4)5/h8-10,13,16,20H,11-12H2,1-7H3. The third kappa shape index (κ3) is 4.00. The molecule has 1 atom stereocenters. The van der Waals surface area contributed by atoms with Crippen molar-refractivity contribution in [1.82, 2.24) is 5.32 Å². The maximum Gasteiger partial charge on any atom is 0.124 e. The Morgan fingerprint density at radius 3 is 2.43 bits per heavy atom. The molecule has 0 saturated carbocycles. The number of rotatable bonds is 4. The summed E-state index contributed by atoms with van der Waals surface area (Å²) in [4.78, 5) is 0. The van der Waals surface area contributed by atoms with Crippen LogP contribution in [0.15, 0.2) is 18.2 Å². The van der Waals surface area contributed by atoms with Crippen molar-refractivity contribution in [3.63, 3.8) is 0 Å². The first-order valence-electron chi connectivity index (χ1n) is 8.12. The van der Waals surface area contributed by atoms with Crippen molar-refractivity contribution in [2.45, 2.75) is 72.4 Å². The first-order chi connectivity index (χ1) is 9.58. The highest BCUT2D eigenvalue weighted by Gasteiger charge is 2.30. The fourth-order valence-corrected chi connectivity index (χ4v) is 3.60. The van der Waals surface area contributed by atoms with Crippen LogP contribution in [0.5, 0.6) is 5.75 Å². The summed E-state index contributed by atoms with van der Waals surface area (Å²) in [6, 6.07) is 7.54. The molecular weight excluding hydrogens is 258 g/mol. The molecule has 21 heavy (non-hydrogen) atoms. The lowest BCUT2D eigenvalue weighted by molar-refractivity contribution is 0.284. The molecular formula is C19H31NO. The molecule has 0 radical (unpaired) electrons. The highest BCUT2D eigenvalue weighted by atomic mass is 16.5. The molecule has 0 spiro atoms. The zero-order valence-electron chi connectivity index (χ0n) is 14.7. The van der Waals surface area contributed by atoms with E-state index >= 15 is 0 Å². The summed E-state index contributed by atoms with van der Waals surface area (Å²) in [5.41, 5.74) is 3.24. The van der Waals surface area contributed by atoms with E-state index < -0.39 is 0 Å². The lowest BCUT2D eigenvalue weighted by Crippen LogP contribution is -2.29. The lowest BCUT2D eigenvalue weighted by Gasteiger charge is -2.33. The third-order valence-corrected chi connectivity index (χ3v) is 4.08. The van der Waals surface area contributed by atoms with Gasteiger partial charge in [-0.2, -0.15) is 0 Å². The number of fused-ring (bicyclic) bond motifs is 1. The molecule has 1 heterocycles. The van der Waals surface area contributed by atoms with E-state index in [9.17, 15) is 0 Å². The molecule has 2 rings (SSSR count). The second-order valence-corrected chi connectivity index (χ2v) is 8.56. The van der Waals surface area contributed by atoms with Gasteiger partial charge in [-0.3, -0.25) is 0 Å². The van der Waals surface area contributed by atoms with Crippen LogP contribution in [0, 0.1) is 5.41 Å². The van der Waals surface area contributed by atoms with E-state index in [1.807, 2.05) is 0 Å². The van der Waals surface area contributed by atoms with E-state index in [0.29, 0.717) is 17.5 Å². The maximum atomic E-state index is 5.82. The van der Waals surface area contributed by atoms with E-state index in [-0.39, 0.29) is 5.41 Å². The van der Waals surface area contributed by atoms with Gasteiger partial charge in [0, 0.05) is 11.6 Å². The average Bonchev–Trinajstić information content (AvgIpc) is 2.68. The molecule has 0 fully saturated rings. The number of hydrogen-bond acceptors (Lipinski definition) is 2. The van der Waals surface area contributed by atoms with Crippen LogP contribution in [-0.2, 0) is 5.41 Å². The summed E-state index contributed by atoms with van der Waals surface area (Å²) >= 11 is 0. The van der Waals surface area contributed by atoms with Crippen molar-refractivity contribution in [3.8, 4) is 5.75 Å². The smallest absolute Gasteiger partial charge is 0.124 e. The molecule has 0 bridgehead atoms. The number of benzene rings is 1. The van der Waals surface area contributed by atoms with Gasteiger partial charge in [0.05, 0.1) is 6.04 Å². The first kappa shape index (κ1) is 16.4. The molecule has 1 aliphatic heterocycles. The van der Waals surface area contributed by atoms with Gasteiger partial charge in [-0.25, -0.2) is 0 Å². The summed E-state index contributed by atoms with van der Waals surface area (Å²) in [6.45, 7) is 16.8. The Bertz CT molecular complexity index is 497. The second kappa shape index (κ2) is 5.64. The number of ether oxygens (including phenoxy) is 1. The van der Waals surface area contributed by atoms with Crippen molar-refractivity contribution in [2.24, 2.45) is 5.41 Å². The van der Waals surface area contributed by atoms with E-state index in [1.54, 1.807) is 0 Å². The normalized spacial score (nSPS) is 18.8. The van der Waals surface area contributed by atoms with Crippen molar-refractivity contribution >= 4 is 0 Å². The summed E-state index contributed by atoms with van der Waals surface area (Å²) in [7, 11) is 0. The van der Waals surface area contributed by atoms with E-state index in [1.165, 1.54) is 17.5 Å². The summed E-state index contributed by atoms with van der Waals surface area (Å²) in [5, 5.41) is 3.60. The lowest BCUT2D eigenvalue weighted by atomic mass is 9.72. The first-order valence-corrected chi connectivity index (χ1v) is 8.12. The van der Waals surface area contributed by atoms with Crippen molar-refractivity contribution in [3.05, 3.63) is 29.3 Å². The molecule has 0 aromatic heterocycles. The minimum atomic E-state index is 0.179. The van der Waals surface area contributed by atoms with Crippen LogP contribution in [0.3, 0.4) is 0 Å². The third-order valence-electron chi connectivity index (χ3n) is 4.08. The highest BCUT2D eigenvalue weighted by molar-refractivity contribution is 5.44. The van der Waals surface area contributed by atoms with Crippen molar-refractivity contribution in [2.75, 3.05) is 6.61 Å².